The Morgan fingerprint density at radius 1 is 1.20 bits per heavy atom. The van der Waals surface area contributed by atoms with E-state index in [1.807, 2.05) is 25.1 Å². The van der Waals surface area contributed by atoms with Crippen LogP contribution in [0, 0.1) is 6.92 Å². The second kappa shape index (κ2) is 8.92. The number of hydrogen-bond donors (Lipinski definition) is 1. The van der Waals surface area contributed by atoms with Crippen LogP contribution in [0.4, 0.5) is 5.13 Å². The summed E-state index contributed by atoms with van der Waals surface area (Å²) >= 11 is 1.27. The molecule has 1 atom stereocenters. The average molecular weight is 491 g/mol. The number of nitrogens with zero attached hydrogens (tertiary/aromatic N) is 2. The number of rotatable bonds is 7. The van der Waals surface area contributed by atoms with Gasteiger partial charge in [0.05, 0.1) is 29.5 Å². The fourth-order valence-corrected chi connectivity index (χ4v) is 5.18. The maximum Gasteiger partial charge on any atom is 0.296 e. The summed E-state index contributed by atoms with van der Waals surface area (Å²) in [6.07, 6.45) is 0. The van der Waals surface area contributed by atoms with E-state index in [0.29, 0.717) is 40.1 Å². The molecule has 0 bridgehead atoms. The van der Waals surface area contributed by atoms with Crippen molar-refractivity contribution in [1.29, 1.82) is 0 Å². The molecule has 1 amide bonds. The van der Waals surface area contributed by atoms with Gasteiger partial charge in [-0.1, -0.05) is 29.5 Å². The van der Waals surface area contributed by atoms with Crippen molar-refractivity contribution in [2.75, 3.05) is 18.6 Å². The Morgan fingerprint density at radius 3 is 2.71 bits per heavy atom. The molecular formula is C26H22N2O6S. The zero-order chi connectivity index (χ0) is 24.7. The molecular weight excluding hydrogens is 468 g/mol. The Bertz CT molecular complexity index is 1480. The molecule has 0 unspecified atom stereocenters. The number of ketones is 1. The topological polar surface area (TPSA) is 102 Å². The lowest BCUT2D eigenvalue weighted by Crippen LogP contribution is -2.31. The molecule has 3 heterocycles. The molecule has 0 spiro atoms. The van der Waals surface area contributed by atoms with E-state index in [1.165, 1.54) is 29.4 Å². The summed E-state index contributed by atoms with van der Waals surface area (Å²) in [4.78, 5) is 32.9. The van der Waals surface area contributed by atoms with E-state index >= 15 is 0 Å². The van der Waals surface area contributed by atoms with Gasteiger partial charge in [0.15, 0.2) is 16.7 Å². The van der Waals surface area contributed by atoms with Crippen molar-refractivity contribution >= 4 is 38.4 Å². The minimum Gasteiger partial charge on any atom is -0.503 e. The van der Waals surface area contributed by atoms with Crippen LogP contribution in [0.3, 0.4) is 0 Å². The van der Waals surface area contributed by atoms with E-state index in [1.54, 1.807) is 37.3 Å². The number of aryl methyl sites for hydroxylation is 1. The quantitative estimate of drug-likeness (QED) is 0.347. The number of amides is 1. The molecule has 5 rings (SSSR count). The van der Waals surface area contributed by atoms with Crippen LogP contribution in [0.5, 0.6) is 11.5 Å². The van der Waals surface area contributed by atoms with Crippen molar-refractivity contribution in [3.05, 3.63) is 83.0 Å². The van der Waals surface area contributed by atoms with Gasteiger partial charge in [-0.3, -0.25) is 14.5 Å². The molecule has 4 aromatic rings. The number of anilines is 1. The maximum absolute atomic E-state index is 13.5. The van der Waals surface area contributed by atoms with Gasteiger partial charge in [-0.25, -0.2) is 4.98 Å². The fourth-order valence-electron chi connectivity index (χ4n) is 4.16. The molecule has 0 saturated heterocycles. The van der Waals surface area contributed by atoms with Gasteiger partial charge in [-0.2, -0.15) is 0 Å². The third kappa shape index (κ3) is 3.83. The van der Waals surface area contributed by atoms with E-state index in [4.69, 9.17) is 13.9 Å². The first kappa shape index (κ1) is 22.7. The molecule has 1 N–H and O–H groups in total. The number of para-hydroxylation sites is 1. The number of Topliss-reactive ketones (excluding diaryl/α,β-unsaturated/α-hetero) is 1. The summed E-state index contributed by atoms with van der Waals surface area (Å²) in [5, 5.41) is 11.3. The summed E-state index contributed by atoms with van der Waals surface area (Å²) in [6, 6.07) is 14.7. The standard InChI is InChI=1S/C26H22N2O6S/c1-4-33-15-10-11-17-20(13-15)35-26(27-17)28-22(16-7-5-6-8-18(16)32-3)21(24(30)25(28)31)23(29)19-12-9-14(2)34-19/h5-13,22,30H,4H2,1-3H3/t22-/m0/s1. The highest BCUT2D eigenvalue weighted by molar-refractivity contribution is 7.22. The van der Waals surface area contributed by atoms with E-state index < -0.39 is 23.5 Å². The van der Waals surface area contributed by atoms with Crippen molar-refractivity contribution < 1.29 is 28.6 Å². The van der Waals surface area contributed by atoms with E-state index in [9.17, 15) is 14.7 Å². The first-order chi connectivity index (χ1) is 16.9. The van der Waals surface area contributed by atoms with Gasteiger partial charge in [0.25, 0.3) is 5.91 Å². The first-order valence-corrected chi connectivity index (χ1v) is 11.8. The Kier molecular flexibility index (Phi) is 5.78. The minimum absolute atomic E-state index is 0.0317. The van der Waals surface area contributed by atoms with Gasteiger partial charge in [0, 0.05) is 5.56 Å². The van der Waals surface area contributed by atoms with Gasteiger partial charge in [-0.15, -0.1) is 0 Å². The van der Waals surface area contributed by atoms with Crippen molar-refractivity contribution in [1.82, 2.24) is 4.98 Å². The van der Waals surface area contributed by atoms with Gasteiger partial charge < -0.3 is 19.0 Å². The Balaban J connectivity index is 1.67. The Morgan fingerprint density at radius 2 is 2.00 bits per heavy atom. The lowest BCUT2D eigenvalue weighted by molar-refractivity contribution is -0.117. The van der Waals surface area contributed by atoms with Crippen LogP contribution in [0.25, 0.3) is 10.2 Å². The number of hydrogen-bond acceptors (Lipinski definition) is 8. The molecule has 0 saturated carbocycles. The second-order valence-corrected chi connectivity index (χ2v) is 8.89. The molecule has 35 heavy (non-hydrogen) atoms. The number of aromatic nitrogens is 1. The summed E-state index contributed by atoms with van der Waals surface area (Å²) in [5.74, 6) is -0.225. The van der Waals surface area contributed by atoms with Crippen LogP contribution in [-0.4, -0.2) is 35.5 Å². The summed E-state index contributed by atoms with van der Waals surface area (Å²) in [7, 11) is 1.51. The predicted molar refractivity (Wildman–Crippen MR) is 131 cm³/mol. The maximum atomic E-state index is 13.5. The van der Waals surface area contributed by atoms with Gasteiger partial charge >= 0.3 is 0 Å². The highest BCUT2D eigenvalue weighted by Gasteiger charge is 2.47. The smallest absolute Gasteiger partial charge is 0.296 e. The Hall–Kier alpha value is -4.11. The molecule has 9 heteroatoms. The number of benzene rings is 2. The van der Waals surface area contributed by atoms with Crippen molar-refractivity contribution in [2.45, 2.75) is 19.9 Å². The van der Waals surface area contributed by atoms with Crippen molar-refractivity contribution in [3.8, 4) is 11.5 Å². The SMILES string of the molecule is CCOc1ccc2nc(N3C(=O)C(O)=C(C(=O)c4ccc(C)o4)[C@@H]3c3ccccc3OC)sc2c1. The number of carbonyl (C=O) groups is 2. The van der Waals surface area contributed by atoms with E-state index in [0.717, 1.165) is 4.70 Å². The second-order valence-electron chi connectivity index (χ2n) is 7.88. The number of aliphatic hydroxyl groups excluding tert-OH is 1. The lowest BCUT2D eigenvalue weighted by atomic mass is 9.94. The number of methoxy groups -OCH3 is 1. The van der Waals surface area contributed by atoms with Gasteiger partial charge in [0.2, 0.25) is 5.78 Å². The van der Waals surface area contributed by atoms with Gasteiger partial charge in [0.1, 0.15) is 23.3 Å². The molecule has 0 radical (unpaired) electrons. The molecule has 0 fully saturated rings. The number of fused-ring (bicyclic) bond motifs is 1. The largest absolute Gasteiger partial charge is 0.503 e. The molecule has 1 aliphatic rings. The third-order valence-electron chi connectivity index (χ3n) is 5.72. The fraction of sp³-hybridized carbons (Fsp3) is 0.192. The van der Waals surface area contributed by atoms with E-state index in [-0.39, 0.29) is 11.3 Å². The summed E-state index contributed by atoms with van der Waals surface area (Å²) in [6.45, 7) is 4.14. The summed E-state index contributed by atoms with van der Waals surface area (Å²) in [5.41, 5.74) is 1.11. The zero-order valence-corrected chi connectivity index (χ0v) is 20.1. The van der Waals surface area contributed by atoms with E-state index in [2.05, 4.69) is 4.98 Å². The normalized spacial score (nSPS) is 15.8. The number of aliphatic hydroxyl groups is 1. The first-order valence-electron chi connectivity index (χ1n) is 11.0. The molecule has 178 valence electrons. The Labute approximate surface area is 205 Å². The van der Waals surface area contributed by atoms with Crippen LogP contribution in [-0.2, 0) is 4.79 Å². The number of thiazole rings is 1. The van der Waals surface area contributed by atoms with Crippen LogP contribution in [0.2, 0.25) is 0 Å². The molecule has 1 aliphatic heterocycles. The summed E-state index contributed by atoms with van der Waals surface area (Å²) < 4.78 is 17.5. The number of furan rings is 1. The van der Waals surface area contributed by atoms with Gasteiger partial charge in [-0.05, 0) is 50.2 Å². The lowest BCUT2D eigenvalue weighted by Gasteiger charge is -2.25. The highest BCUT2D eigenvalue weighted by atomic mass is 32.1. The predicted octanol–water partition coefficient (Wildman–Crippen LogP) is 5.39. The minimum atomic E-state index is -0.969. The van der Waals surface area contributed by atoms with Crippen molar-refractivity contribution in [2.24, 2.45) is 0 Å². The van der Waals surface area contributed by atoms with Crippen LogP contribution < -0.4 is 14.4 Å². The van der Waals surface area contributed by atoms with Crippen LogP contribution in [0.15, 0.2) is 70.3 Å². The van der Waals surface area contributed by atoms with Crippen LogP contribution in [0.1, 0.15) is 34.8 Å². The molecule has 2 aromatic heterocycles. The van der Waals surface area contributed by atoms with Crippen LogP contribution >= 0.6 is 11.3 Å². The monoisotopic (exact) mass is 490 g/mol. The zero-order valence-electron chi connectivity index (χ0n) is 19.3. The molecule has 8 nitrogen and oxygen atoms in total. The molecule has 0 aliphatic carbocycles. The number of ether oxygens (including phenoxy) is 2. The third-order valence-corrected chi connectivity index (χ3v) is 6.73. The number of carbonyl (C=O) groups excluding carboxylic acids is 2. The van der Waals surface area contributed by atoms with Crippen molar-refractivity contribution in [3.63, 3.8) is 0 Å². The molecule has 2 aromatic carbocycles. The average Bonchev–Trinajstić information content (AvgIpc) is 3.54. The highest BCUT2D eigenvalue weighted by Crippen LogP contribution is 2.46.